The molecule has 0 saturated carbocycles. The van der Waals surface area contributed by atoms with Crippen molar-refractivity contribution in [3.05, 3.63) is 17.5 Å². The first-order valence-corrected chi connectivity index (χ1v) is 5.97. The summed E-state index contributed by atoms with van der Waals surface area (Å²) in [5, 5.41) is 14.1. The standard InChI is InChI=1S/C12H19N3O2/c1-4-10-9(7-14(3)13-10)11(16)15-6-5-12(2,17)8-15/h7,17H,4-6,8H2,1-3H3. The molecular weight excluding hydrogens is 218 g/mol. The second kappa shape index (κ2) is 4.14. The summed E-state index contributed by atoms with van der Waals surface area (Å²) < 4.78 is 1.67. The quantitative estimate of drug-likeness (QED) is 0.818. The van der Waals surface area contributed by atoms with Gasteiger partial charge < -0.3 is 10.0 Å². The van der Waals surface area contributed by atoms with Crippen molar-refractivity contribution in [1.29, 1.82) is 0 Å². The van der Waals surface area contributed by atoms with E-state index < -0.39 is 5.60 Å². The number of likely N-dealkylation sites (tertiary alicyclic amines) is 1. The second-order valence-electron chi connectivity index (χ2n) is 4.99. The van der Waals surface area contributed by atoms with Crippen LogP contribution < -0.4 is 0 Å². The number of aliphatic hydroxyl groups is 1. The largest absolute Gasteiger partial charge is 0.388 e. The third-order valence-electron chi connectivity index (χ3n) is 3.21. The average Bonchev–Trinajstić information content (AvgIpc) is 2.80. The fourth-order valence-corrected chi connectivity index (χ4v) is 2.26. The minimum atomic E-state index is -0.746. The van der Waals surface area contributed by atoms with Crippen LogP contribution in [0.15, 0.2) is 6.20 Å². The molecule has 0 spiro atoms. The summed E-state index contributed by atoms with van der Waals surface area (Å²) in [6.45, 7) is 4.78. The maximum atomic E-state index is 12.3. The molecule has 1 unspecified atom stereocenters. The van der Waals surface area contributed by atoms with Crippen LogP contribution in [-0.2, 0) is 13.5 Å². The van der Waals surface area contributed by atoms with E-state index in [0.29, 0.717) is 25.1 Å². The fraction of sp³-hybridized carbons (Fsp3) is 0.667. The molecule has 0 bridgehead atoms. The summed E-state index contributed by atoms with van der Waals surface area (Å²) in [4.78, 5) is 14.0. The lowest BCUT2D eigenvalue weighted by Gasteiger charge is -2.18. The fourth-order valence-electron chi connectivity index (χ4n) is 2.26. The Morgan fingerprint density at radius 2 is 2.35 bits per heavy atom. The van der Waals surface area contributed by atoms with Gasteiger partial charge in [0.1, 0.15) is 0 Å². The summed E-state index contributed by atoms with van der Waals surface area (Å²) in [6, 6.07) is 0. The van der Waals surface area contributed by atoms with Crippen LogP contribution in [0.2, 0.25) is 0 Å². The van der Waals surface area contributed by atoms with Gasteiger partial charge in [0.15, 0.2) is 0 Å². The molecule has 2 heterocycles. The minimum Gasteiger partial charge on any atom is -0.388 e. The molecule has 1 saturated heterocycles. The van der Waals surface area contributed by atoms with Crippen LogP contribution in [0.3, 0.4) is 0 Å². The Kier molecular flexibility index (Phi) is 2.95. The zero-order valence-corrected chi connectivity index (χ0v) is 10.6. The molecule has 17 heavy (non-hydrogen) atoms. The third-order valence-corrected chi connectivity index (χ3v) is 3.21. The Morgan fingerprint density at radius 1 is 1.65 bits per heavy atom. The summed E-state index contributed by atoms with van der Waals surface area (Å²) >= 11 is 0. The number of β-amino-alcohol motifs (C(OH)–C–C–N with tert-alkyl or cyclic N) is 1. The van der Waals surface area contributed by atoms with Crippen molar-refractivity contribution in [2.45, 2.75) is 32.3 Å². The highest BCUT2D eigenvalue weighted by molar-refractivity contribution is 5.95. The highest BCUT2D eigenvalue weighted by atomic mass is 16.3. The number of carbonyl (C=O) groups is 1. The average molecular weight is 237 g/mol. The highest BCUT2D eigenvalue weighted by Crippen LogP contribution is 2.22. The van der Waals surface area contributed by atoms with E-state index in [4.69, 9.17) is 0 Å². The van der Waals surface area contributed by atoms with Crippen molar-refractivity contribution >= 4 is 5.91 Å². The molecule has 0 aromatic carbocycles. The molecule has 0 radical (unpaired) electrons. The zero-order valence-electron chi connectivity index (χ0n) is 10.6. The topological polar surface area (TPSA) is 58.4 Å². The van der Waals surface area contributed by atoms with Crippen LogP contribution in [0.4, 0.5) is 0 Å². The van der Waals surface area contributed by atoms with Crippen molar-refractivity contribution < 1.29 is 9.90 Å². The molecule has 1 aliphatic rings. The van der Waals surface area contributed by atoms with Gasteiger partial charge in [-0.1, -0.05) is 6.92 Å². The summed E-state index contributed by atoms with van der Waals surface area (Å²) in [5.74, 6) is -0.0206. The van der Waals surface area contributed by atoms with Crippen molar-refractivity contribution in [3.63, 3.8) is 0 Å². The molecule has 5 nitrogen and oxygen atoms in total. The first-order chi connectivity index (χ1) is 7.93. The van der Waals surface area contributed by atoms with Crippen molar-refractivity contribution in [3.8, 4) is 0 Å². The van der Waals surface area contributed by atoms with Crippen LogP contribution in [0.25, 0.3) is 0 Å². The van der Waals surface area contributed by atoms with Gasteiger partial charge in [-0.15, -0.1) is 0 Å². The van der Waals surface area contributed by atoms with E-state index in [9.17, 15) is 9.90 Å². The minimum absolute atomic E-state index is 0.0206. The van der Waals surface area contributed by atoms with Crippen molar-refractivity contribution in [2.24, 2.45) is 7.05 Å². The number of carbonyl (C=O) groups excluding carboxylic acids is 1. The summed E-state index contributed by atoms with van der Waals surface area (Å²) in [7, 11) is 1.82. The molecule has 1 aliphatic heterocycles. The first-order valence-electron chi connectivity index (χ1n) is 5.97. The second-order valence-corrected chi connectivity index (χ2v) is 4.99. The molecule has 5 heteroatoms. The van der Waals surface area contributed by atoms with Gasteiger partial charge in [0, 0.05) is 26.3 Å². The smallest absolute Gasteiger partial charge is 0.257 e. The predicted octanol–water partition coefficient (Wildman–Crippen LogP) is 0.579. The Balaban J connectivity index is 2.20. The van der Waals surface area contributed by atoms with Gasteiger partial charge in [-0.2, -0.15) is 5.10 Å². The van der Waals surface area contributed by atoms with E-state index in [2.05, 4.69) is 5.10 Å². The lowest BCUT2D eigenvalue weighted by molar-refractivity contribution is 0.0571. The number of rotatable bonds is 2. The van der Waals surface area contributed by atoms with Gasteiger partial charge in [0.25, 0.3) is 5.91 Å². The van der Waals surface area contributed by atoms with Gasteiger partial charge in [-0.05, 0) is 19.8 Å². The normalized spacial score (nSPS) is 24.4. The van der Waals surface area contributed by atoms with Gasteiger partial charge in [0.2, 0.25) is 0 Å². The monoisotopic (exact) mass is 237 g/mol. The van der Waals surface area contributed by atoms with Crippen LogP contribution in [0, 0.1) is 0 Å². The van der Waals surface area contributed by atoms with E-state index in [1.54, 1.807) is 22.7 Å². The van der Waals surface area contributed by atoms with Gasteiger partial charge in [-0.25, -0.2) is 0 Å². The summed E-state index contributed by atoms with van der Waals surface area (Å²) in [6.07, 6.45) is 3.14. The van der Waals surface area contributed by atoms with Crippen LogP contribution in [0.5, 0.6) is 0 Å². The van der Waals surface area contributed by atoms with Crippen molar-refractivity contribution in [2.75, 3.05) is 13.1 Å². The molecule has 1 amide bonds. The Hall–Kier alpha value is -1.36. The maximum absolute atomic E-state index is 12.3. The van der Waals surface area contributed by atoms with Crippen LogP contribution in [-0.4, -0.2) is 44.4 Å². The molecule has 0 aliphatic carbocycles. The Labute approximate surface area is 101 Å². The van der Waals surface area contributed by atoms with Gasteiger partial charge in [-0.3, -0.25) is 9.48 Å². The number of aromatic nitrogens is 2. The van der Waals surface area contributed by atoms with E-state index in [0.717, 1.165) is 12.1 Å². The predicted molar refractivity (Wildman–Crippen MR) is 63.7 cm³/mol. The molecule has 2 rings (SSSR count). The molecule has 1 aromatic heterocycles. The van der Waals surface area contributed by atoms with Crippen LogP contribution in [0.1, 0.15) is 36.3 Å². The molecule has 94 valence electrons. The van der Waals surface area contributed by atoms with Gasteiger partial charge in [0.05, 0.1) is 16.9 Å². The summed E-state index contributed by atoms with van der Waals surface area (Å²) in [5.41, 5.74) is 0.737. The SMILES string of the molecule is CCc1nn(C)cc1C(=O)N1CCC(C)(O)C1. The number of hydrogen-bond acceptors (Lipinski definition) is 3. The van der Waals surface area contributed by atoms with Crippen LogP contribution >= 0.6 is 0 Å². The van der Waals surface area contributed by atoms with E-state index >= 15 is 0 Å². The number of nitrogens with zero attached hydrogens (tertiary/aromatic N) is 3. The molecule has 1 fully saturated rings. The zero-order chi connectivity index (χ0) is 12.6. The van der Waals surface area contributed by atoms with E-state index in [1.807, 2.05) is 14.0 Å². The molecular formula is C12H19N3O2. The maximum Gasteiger partial charge on any atom is 0.257 e. The van der Waals surface area contributed by atoms with E-state index in [-0.39, 0.29) is 5.91 Å². The molecule has 1 N–H and O–H groups in total. The number of amides is 1. The molecule has 1 atom stereocenters. The lowest BCUT2D eigenvalue weighted by atomic mass is 10.1. The third kappa shape index (κ3) is 2.34. The Bertz CT molecular complexity index is 437. The molecule has 1 aromatic rings. The van der Waals surface area contributed by atoms with Crippen molar-refractivity contribution in [1.82, 2.24) is 14.7 Å². The Morgan fingerprint density at radius 3 is 2.88 bits per heavy atom. The van der Waals surface area contributed by atoms with Gasteiger partial charge >= 0.3 is 0 Å². The van der Waals surface area contributed by atoms with E-state index in [1.165, 1.54) is 0 Å². The first kappa shape index (κ1) is 12.1. The lowest BCUT2D eigenvalue weighted by Crippen LogP contribution is -2.34. The number of aryl methyl sites for hydroxylation is 2. The number of hydrogen-bond donors (Lipinski definition) is 1. The highest BCUT2D eigenvalue weighted by Gasteiger charge is 2.35.